The van der Waals surface area contributed by atoms with Crippen LogP contribution in [0.4, 0.5) is 0 Å². The molecule has 0 aliphatic carbocycles. The predicted octanol–water partition coefficient (Wildman–Crippen LogP) is -0.727. The zero-order chi connectivity index (χ0) is 15.8. The van der Waals surface area contributed by atoms with Crippen molar-refractivity contribution in [2.24, 2.45) is 0 Å². The van der Waals surface area contributed by atoms with Crippen LogP contribution in [0.15, 0.2) is 15.7 Å². The molecule has 3 N–H and O–H groups in total. The van der Waals surface area contributed by atoms with E-state index >= 15 is 0 Å². The monoisotopic (exact) mass is 334 g/mol. The zero-order valence-corrected chi connectivity index (χ0v) is 12.4. The second kappa shape index (κ2) is 5.83. The number of hydrogen-bond donors (Lipinski definition) is 3. The van der Waals surface area contributed by atoms with E-state index in [1.807, 2.05) is 0 Å². The maximum absolute atomic E-state index is 12.0. The molecule has 7 nitrogen and oxygen atoms in total. The summed E-state index contributed by atoms with van der Waals surface area (Å²) < 4.78 is 6.48. The number of alkyl halides is 1. The molecular weight excluding hydrogens is 323 g/mol. The average Bonchev–Trinajstić information content (AvgIpc) is 2.63. The van der Waals surface area contributed by atoms with Gasteiger partial charge in [-0.15, -0.1) is 0 Å². The lowest BCUT2D eigenvalue weighted by molar-refractivity contribution is -0.0471. The summed E-state index contributed by atoms with van der Waals surface area (Å²) in [5.74, 6) is 2.40. The Morgan fingerprint density at radius 2 is 2.24 bits per heavy atom. The van der Waals surface area contributed by atoms with E-state index < -0.39 is 41.2 Å². The minimum Gasteiger partial charge on any atom is -0.394 e. The number of halogens is 2. The molecule has 0 spiro atoms. The average molecular weight is 335 g/mol. The molecule has 1 aliphatic rings. The first-order valence-electron chi connectivity index (χ1n) is 5.93. The summed E-state index contributed by atoms with van der Waals surface area (Å²) in [7, 11) is 0. The number of rotatable bonds is 2. The number of nitrogens with one attached hydrogen (secondary N) is 1. The van der Waals surface area contributed by atoms with Crippen molar-refractivity contribution in [1.82, 2.24) is 9.55 Å². The number of aryl methyl sites for hydroxylation is 1. The van der Waals surface area contributed by atoms with Crippen molar-refractivity contribution in [3.63, 3.8) is 0 Å². The normalized spacial score (nSPS) is 31.8. The Bertz CT molecular complexity index is 719. The van der Waals surface area contributed by atoms with Gasteiger partial charge in [0.1, 0.15) is 12.2 Å². The summed E-state index contributed by atoms with van der Waals surface area (Å²) >= 11 is 11.6. The minimum absolute atomic E-state index is 0.265. The summed E-state index contributed by atoms with van der Waals surface area (Å²) in [5, 5.41) is 21.4. The SMILES string of the molecule is Cc1cc(=O)[nH]c(=O)n1[C@@H]1O[C@H](CO)[C@H](O)C1(Cl)C#CCl. The first-order valence-corrected chi connectivity index (χ1v) is 6.69. The van der Waals surface area contributed by atoms with E-state index in [-0.39, 0.29) is 5.69 Å². The molecule has 1 aromatic heterocycles. The van der Waals surface area contributed by atoms with E-state index in [2.05, 4.69) is 16.3 Å². The third kappa shape index (κ3) is 2.61. The predicted molar refractivity (Wildman–Crippen MR) is 75.3 cm³/mol. The number of hydrogen-bond acceptors (Lipinski definition) is 5. The smallest absolute Gasteiger partial charge is 0.330 e. The zero-order valence-electron chi connectivity index (χ0n) is 10.8. The molecule has 1 unspecified atom stereocenters. The van der Waals surface area contributed by atoms with Crippen LogP contribution in [0.1, 0.15) is 11.9 Å². The quantitative estimate of drug-likeness (QED) is 0.488. The van der Waals surface area contributed by atoms with Gasteiger partial charge < -0.3 is 14.9 Å². The molecule has 0 bridgehead atoms. The Morgan fingerprint density at radius 1 is 1.57 bits per heavy atom. The van der Waals surface area contributed by atoms with Crippen molar-refractivity contribution < 1.29 is 14.9 Å². The second-order valence-electron chi connectivity index (χ2n) is 4.59. The third-order valence-corrected chi connectivity index (χ3v) is 3.87. The van der Waals surface area contributed by atoms with E-state index in [9.17, 15) is 19.8 Å². The highest BCUT2D eigenvalue weighted by Gasteiger charge is 2.56. The van der Waals surface area contributed by atoms with Gasteiger partial charge in [-0.3, -0.25) is 14.3 Å². The Kier molecular flexibility index (Phi) is 4.46. The summed E-state index contributed by atoms with van der Waals surface area (Å²) in [6, 6.07) is 1.18. The van der Waals surface area contributed by atoms with E-state index in [1.165, 1.54) is 13.0 Å². The lowest BCUT2D eigenvalue weighted by Gasteiger charge is -2.26. The molecule has 1 aliphatic heterocycles. The fourth-order valence-corrected chi connectivity index (χ4v) is 2.81. The van der Waals surface area contributed by atoms with Crippen LogP contribution in [-0.4, -0.2) is 43.5 Å². The van der Waals surface area contributed by atoms with Gasteiger partial charge in [-0.05, 0) is 18.5 Å². The molecule has 114 valence electrons. The molecule has 0 saturated carbocycles. The van der Waals surface area contributed by atoms with Crippen molar-refractivity contribution in [2.75, 3.05) is 6.61 Å². The molecule has 1 aromatic rings. The molecule has 1 saturated heterocycles. The van der Waals surface area contributed by atoms with Crippen molar-refractivity contribution in [3.05, 3.63) is 32.6 Å². The Hall–Kier alpha value is -1.30. The Balaban J connectivity index is 2.64. The van der Waals surface area contributed by atoms with Gasteiger partial charge >= 0.3 is 5.69 Å². The van der Waals surface area contributed by atoms with Gasteiger partial charge in [-0.1, -0.05) is 17.5 Å². The van der Waals surface area contributed by atoms with E-state index in [4.69, 9.17) is 27.9 Å². The van der Waals surface area contributed by atoms with Gasteiger partial charge in [0.25, 0.3) is 5.56 Å². The summed E-state index contributed by atoms with van der Waals surface area (Å²) in [6.45, 7) is 0.983. The van der Waals surface area contributed by atoms with E-state index in [0.717, 1.165) is 4.57 Å². The number of H-pyrrole nitrogens is 1. The van der Waals surface area contributed by atoms with Crippen molar-refractivity contribution in [3.8, 4) is 11.3 Å². The van der Waals surface area contributed by atoms with Crippen molar-refractivity contribution >= 4 is 23.2 Å². The van der Waals surface area contributed by atoms with E-state index in [1.54, 1.807) is 0 Å². The number of ether oxygens (including phenoxy) is 1. The molecule has 0 amide bonds. The highest BCUT2D eigenvalue weighted by atomic mass is 35.5. The number of aromatic amines is 1. The first-order chi connectivity index (χ1) is 9.85. The molecule has 2 heterocycles. The molecule has 4 atom stereocenters. The van der Waals surface area contributed by atoms with Gasteiger partial charge in [0, 0.05) is 17.1 Å². The van der Waals surface area contributed by atoms with Crippen molar-refractivity contribution in [1.29, 1.82) is 0 Å². The lowest BCUT2D eigenvalue weighted by Crippen LogP contribution is -2.45. The molecule has 1 fully saturated rings. The fourth-order valence-electron chi connectivity index (χ4n) is 2.27. The van der Waals surface area contributed by atoms with E-state index in [0.29, 0.717) is 0 Å². The summed E-state index contributed by atoms with van der Waals surface area (Å²) in [5.41, 5.74) is -1.08. The van der Waals surface area contributed by atoms with Gasteiger partial charge in [0.15, 0.2) is 11.1 Å². The number of aliphatic hydroxyl groups excluding tert-OH is 2. The van der Waals surface area contributed by atoms with Crippen LogP contribution >= 0.6 is 23.2 Å². The van der Waals surface area contributed by atoms with Gasteiger partial charge in [-0.25, -0.2) is 4.79 Å². The highest BCUT2D eigenvalue weighted by Crippen LogP contribution is 2.42. The van der Waals surface area contributed by atoms with Crippen LogP contribution in [0.25, 0.3) is 0 Å². The minimum atomic E-state index is -1.73. The van der Waals surface area contributed by atoms with Crippen LogP contribution < -0.4 is 11.2 Å². The summed E-state index contributed by atoms with van der Waals surface area (Å²) in [4.78, 5) is 23.6. The van der Waals surface area contributed by atoms with Gasteiger partial charge in [-0.2, -0.15) is 0 Å². The maximum atomic E-state index is 12.0. The van der Waals surface area contributed by atoms with Crippen LogP contribution in [0, 0.1) is 18.2 Å². The molecular formula is C12H12Cl2N2O5. The maximum Gasteiger partial charge on any atom is 0.330 e. The lowest BCUT2D eigenvalue weighted by atomic mass is 9.99. The highest BCUT2D eigenvalue weighted by molar-refractivity contribution is 6.32. The molecule has 0 aromatic carbocycles. The first kappa shape index (κ1) is 16.1. The largest absolute Gasteiger partial charge is 0.394 e. The summed E-state index contributed by atoms with van der Waals surface area (Å²) in [6.07, 6.45) is -3.64. The number of aliphatic hydroxyl groups is 2. The van der Waals surface area contributed by atoms with Crippen LogP contribution in [0.2, 0.25) is 0 Å². The van der Waals surface area contributed by atoms with Crippen LogP contribution in [-0.2, 0) is 4.74 Å². The number of aromatic nitrogens is 2. The Morgan fingerprint density at radius 3 is 2.76 bits per heavy atom. The third-order valence-electron chi connectivity index (χ3n) is 3.27. The van der Waals surface area contributed by atoms with Crippen molar-refractivity contribution in [2.45, 2.75) is 30.2 Å². The molecule has 0 radical (unpaired) electrons. The standard InChI is InChI=1S/C12H12Cl2N2O5/c1-6-4-8(18)15-11(20)16(6)10-12(14,2-3-13)9(19)7(5-17)21-10/h4,7,9-10,17,19H,5H2,1H3,(H,15,18,20)/t7-,9+,10-,12?/m1/s1. The molecule has 2 rings (SSSR count). The topological polar surface area (TPSA) is 105 Å². The van der Waals surface area contributed by atoms with Crippen LogP contribution in [0.3, 0.4) is 0 Å². The van der Waals surface area contributed by atoms with Crippen LogP contribution in [0.5, 0.6) is 0 Å². The Labute approximate surface area is 129 Å². The molecule has 9 heteroatoms. The number of nitrogens with zero attached hydrogens (tertiary/aromatic N) is 1. The fraction of sp³-hybridized carbons (Fsp3) is 0.500. The van der Waals surface area contributed by atoms with Gasteiger partial charge in [0.2, 0.25) is 0 Å². The van der Waals surface area contributed by atoms with Gasteiger partial charge in [0.05, 0.1) is 6.61 Å². The second-order valence-corrected chi connectivity index (χ2v) is 5.41. The molecule has 21 heavy (non-hydrogen) atoms.